The number of ether oxygens (including phenoxy) is 1. The lowest BCUT2D eigenvalue weighted by Gasteiger charge is -1.94. The van der Waals surface area contributed by atoms with Crippen molar-refractivity contribution in [2.24, 2.45) is 0 Å². The Bertz CT molecular complexity index is 614. The van der Waals surface area contributed by atoms with E-state index in [0.29, 0.717) is 18.2 Å². The lowest BCUT2D eigenvalue weighted by molar-refractivity contribution is 0.322. The third-order valence-corrected chi connectivity index (χ3v) is 3.17. The average Bonchev–Trinajstić information content (AvgIpc) is 2.86. The molecule has 0 aliphatic carbocycles. The van der Waals surface area contributed by atoms with Crippen LogP contribution in [0.15, 0.2) is 27.9 Å². The maximum atomic E-state index is 11.2. The van der Waals surface area contributed by atoms with E-state index >= 15 is 0 Å². The van der Waals surface area contributed by atoms with Gasteiger partial charge < -0.3 is 9.26 Å². The minimum absolute atomic E-state index is 0.170. The van der Waals surface area contributed by atoms with Gasteiger partial charge in [-0.1, -0.05) is 0 Å². The summed E-state index contributed by atoms with van der Waals surface area (Å²) >= 11 is 0. The van der Waals surface area contributed by atoms with E-state index in [1.807, 2.05) is 0 Å². The Kier molecular flexibility index (Phi) is 2.88. The first kappa shape index (κ1) is 11.6. The highest BCUT2D eigenvalue weighted by Crippen LogP contribution is 2.13. The first-order chi connectivity index (χ1) is 7.99. The molecule has 2 aromatic rings. The second kappa shape index (κ2) is 4.21. The van der Waals surface area contributed by atoms with Crippen LogP contribution in [0.2, 0.25) is 0 Å². The monoisotopic (exact) mass is 257 g/mol. The summed E-state index contributed by atoms with van der Waals surface area (Å²) in [5.74, 6) is 0.903. The molecule has 0 spiro atoms. The van der Waals surface area contributed by atoms with E-state index in [1.165, 1.54) is 24.2 Å². The summed E-state index contributed by atoms with van der Waals surface area (Å²) in [7, 11) is -1.74. The van der Waals surface area contributed by atoms with Crippen LogP contribution < -0.4 is 4.74 Å². The third kappa shape index (κ3) is 2.64. The molecule has 0 aliphatic rings. The Morgan fingerprint density at radius 1 is 1.53 bits per heavy atom. The summed E-state index contributed by atoms with van der Waals surface area (Å²) in [5.41, 5.74) is 0. The lowest BCUT2D eigenvalue weighted by Crippen LogP contribution is -1.99. The molecule has 7 nitrogen and oxygen atoms in total. The molecular weight excluding hydrogens is 246 g/mol. The van der Waals surface area contributed by atoms with Crippen LogP contribution in [0.4, 0.5) is 0 Å². The molecule has 0 N–H and O–H groups in total. The van der Waals surface area contributed by atoms with Crippen molar-refractivity contribution in [2.45, 2.75) is 11.4 Å². The first-order valence-electron chi connectivity index (χ1n) is 4.71. The maximum absolute atomic E-state index is 11.2. The van der Waals surface area contributed by atoms with Crippen molar-refractivity contribution >= 4 is 9.84 Å². The summed E-state index contributed by atoms with van der Waals surface area (Å²) < 4.78 is 33.8. The summed E-state index contributed by atoms with van der Waals surface area (Å²) in [5, 5.41) is 7.55. The Morgan fingerprint density at radius 3 is 2.82 bits per heavy atom. The summed E-state index contributed by atoms with van der Waals surface area (Å²) in [6.07, 6.45) is 3.86. The van der Waals surface area contributed by atoms with Gasteiger partial charge in [-0.25, -0.2) is 8.42 Å². The normalized spacial score (nSPS) is 11.6. The molecule has 2 rings (SSSR count). The van der Waals surface area contributed by atoms with E-state index in [-0.39, 0.29) is 4.90 Å². The fourth-order valence-corrected chi connectivity index (χ4v) is 1.80. The van der Waals surface area contributed by atoms with Crippen molar-refractivity contribution in [3.05, 3.63) is 24.2 Å². The van der Waals surface area contributed by atoms with Gasteiger partial charge in [0.15, 0.2) is 15.6 Å². The van der Waals surface area contributed by atoms with Crippen LogP contribution in [0, 0.1) is 0 Å². The van der Waals surface area contributed by atoms with Crippen LogP contribution in [0.5, 0.6) is 5.88 Å². The molecule has 0 bridgehead atoms. The summed E-state index contributed by atoms with van der Waals surface area (Å²) in [4.78, 5) is 0.170. The average molecular weight is 257 g/mol. The van der Waals surface area contributed by atoms with Crippen molar-refractivity contribution < 1.29 is 17.7 Å². The highest BCUT2D eigenvalue weighted by Gasteiger charge is 2.11. The molecule has 0 amide bonds. The Labute approximate surface area is 97.9 Å². The SMILES string of the molecule is COc1cc(Cn2cc(S(C)(=O)=O)cn2)on1. The van der Waals surface area contributed by atoms with E-state index in [1.54, 1.807) is 6.07 Å². The fourth-order valence-electron chi connectivity index (χ4n) is 1.25. The van der Waals surface area contributed by atoms with Gasteiger partial charge in [-0.05, 0) is 5.16 Å². The maximum Gasteiger partial charge on any atom is 0.254 e. The quantitative estimate of drug-likeness (QED) is 0.784. The molecule has 0 unspecified atom stereocenters. The topological polar surface area (TPSA) is 87.2 Å². The number of aromatic nitrogens is 3. The predicted molar refractivity (Wildman–Crippen MR) is 57.5 cm³/mol. The zero-order valence-electron chi connectivity index (χ0n) is 9.32. The highest BCUT2D eigenvalue weighted by atomic mass is 32.2. The van der Waals surface area contributed by atoms with Crippen molar-refractivity contribution in [3.8, 4) is 5.88 Å². The van der Waals surface area contributed by atoms with Crippen LogP contribution in [0.25, 0.3) is 0 Å². The van der Waals surface area contributed by atoms with Gasteiger partial charge in [-0.3, -0.25) is 4.68 Å². The van der Waals surface area contributed by atoms with Crippen LogP contribution >= 0.6 is 0 Å². The molecular formula is C9H11N3O4S. The Morgan fingerprint density at radius 2 is 2.29 bits per heavy atom. The highest BCUT2D eigenvalue weighted by molar-refractivity contribution is 7.90. The standard InChI is InChI=1S/C9H11N3O4S/c1-15-9-3-7(16-11-9)5-12-6-8(4-10-12)17(2,13)14/h3-4,6H,5H2,1-2H3. The molecule has 0 saturated carbocycles. The van der Waals surface area contributed by atoms with Crippen LogP contribution in [0.3, 0.4) is 0 Å². The molecule has 17 heavy (non-hydrogen) atoms. The van der Waals surface area contributed by atoms with Crippen molar-refractivity contribution in [2.75, 3.05) is 13.4 Å². The second-order valence-corrected chi connectivity index (χ2v) is 5.50. The van der Waals surface area contributed by atoms with Gasteiger partial charge in [-0.15, -0.1) is 0 Å². The number of sulfone groups is 1. The van der Waals surface area contributed by atoms with Crippen molar-refractivity contribution in [1.29, 1.82) is 0 Å². The van der Waals surface area contributed by atoms with Gasteiger partial charge in [0.25, 0.3) is 5.88 Å². The number of hydrogen-bond donors (Lipinski definition) is 0. The molecule has 0 saturated heterocycles. The van der Waals surface area contributed by atoms with Crippen LogP contribution in [0.1, 0.15) is 5.76 Å². The lowest BCUT2D eigenvalue weighted by atomic mass is 10.4. The zero-order valence-corrected chi connectivity index (χ0v) is 10.1. The number of nitrogens with zero attached hydrogens (tertiary/aromatic N) is 3. The van der Waals surface area contributed by atoms with Crippen molar-refractivity contribution in [1.82, 2.24) is 14.9 Å². The van der Waals surface area contributed by atoms with Crippen molar-refractivity contribution in [3.63, 3.8) is 0 Å². The molecule has 2 aromatic heterocycles. The van der Waals surface area contributed by atoms with Gasteiger partial charge in [0, 0.05) is 18.5 Å². The van der Waals surface area contributed by atoms with E-state index in [9.17, 15) is 8.42 Å². The van der Waals surface area contributed by atoms with Gasteiger partial charge in [0.05, 0.1) is 13.3 Å². The van der Waals surface area contributed by atoms with Gasteiger partial charge in [-0.2, -0.15) is 5.10 Å². The first-order valence-corrected chi connectivity index (χ1v) is 6.60. The predicted octanol–water partition coefficient (Wildman–Crippen LogP) is 0.331. The Balaban J connectivity index is 2.17. The van der Waals surface area contributed by atoms with E-state index in [0.717, 1.165) is 6.26 Å². The zero-order chi connectivity index (χ0) is 12.5. The molecule has 0 fully saturated rings. The molecule has 2 heterocycles. The molecule has 0 aliphatic heterocycles. The molecule has 0 radical (unpaired) electrons. The minimum atomic E-state index is -3.23. The van der Waals surface area contributed by atoms with E-state index in [2.05, 4.69) is 10.3 Å². The molecule has 0 atom stereocenters. The van der Waals surface area contributed by atoms with E-state index < -0.39 is 9.84 Å². The molecule has 92 valence electrons. The van der Waals surface area contributed by atoms with Gasteiger partial charge in [0.1, 0.15) is 11.4 Å². The van der Waals surface area contributed by atoms with Gasteiger partial charge >= 0.3 is 0 Å². The minimum Gasteiger partial charge on any atom is -0.479 e. The third-order valence-electron chi connectivity index (χ3n) is 2.10. The molecule has 0 aromatic carbocycles. The Hall–Kier alpha value is -1.83. The fraction of sp³-hybridized carbons (Fsp3) is 0.333. The smallest absolute Gasteiger partial charge is 0.254 e. The van der Waals surface area contributed by atoms with E-state index in [4.69, 9.17) is 9.26 Å². The number of rotatable bonds is 4. The second-order valence-electron chi connectivity index (χ2n) is 3.48. The largest absolute Gasteiger partial charge is 0.479 e. The molecule has 8 heteroatoms. The van der Waals surface area contributed by atoms with Crippen LogP contribution in [-0.2, 0) is 16.4 Å². The van der Waals surface area contributed by atoms with Gasteiger partial charge in [0.2, 0.25) is 0 Å². The summed E-state index contributed by atoms with van der Waals surface area (Å²) in [6.45, 7) is 0.297. The van der Waals surface area contributed by atoms with Crippen LogP contribution in [-0.4, -0.2) is 36.7 Å². The summed E-state index contributed by atoms with van der Waals surface area (Å²) in [6, 6.07) is 1.61. The number of methoxy groups -OCH3 is 1. The number of hydrogen-bond acceptors (Lipinski definition) is 6.